The Morgan fingerprint density at radius 1 is 1.13 bits per heavy atom. The van der Waals surface area contributed by atoms with E-state index in [9.17, 15) is 5.11 Å². The van der Waals surface area contributed by atoms with Crippen LogP contribution in [0.2, 0.25) is 5.02 Å². The summed E-state index contributed by atoms with van der Waals surface area (Å²) < 4.78 is 2.05. The van der Waals surface area contributed by atoms with E-state index in [1.807, 2.05) is 59.1 Å². The minimum Gasteiger partial charge on any atom is -0.382 e. The lowest BCUT2D eigenvalue weighted by Crippen LogP contribution is -2.22. The van der Waals surface area contributed by atoms with Crippen molar-refractivity contribution in [1.82, 2.24) is 14.4 Å². The monoisotopic (exact) mass is 418 g/mol. The second-order valence-electron chi connectivity index (χ2n) is 8.11. The summed E-state index contributed by atoms with van der Waals surface area (Å²) >= 11 is 6.73. The zero-order valence-corrected chi connectivity index (χ0v) is 17.5. The summed E-state index contributed by atoms with van der Waals surface area (Å²) in [5, 5.41) is 11.7. The van der Waals surface area contributed by atoms with Crippen molar-refractivity contribution in [2.75, 3.05) is 5.73 Å². The molecule has 1 aliphatic carbocycles. The molecule has 1 atom stereocenters. The number of nitrogens with zero attached hydrogens (tertiary/aromatic N) is 3. The van der Waals surface area contributed by atoms with Crippen LogP contribution in [0.25, 0.3) is 16.8 Å². The van der Waals surface area contributed by atoms with Crippen molar-refractivity contribution in [3.63, 3.8) is 0 Å². The lowest BCUT2D eigenvalue weighted by atomic mass is 9.85. The smallest absolute Gasteiger partial charge is 0.150 e. The van der Waals surface area contributed by atoms with Crippen molar-refractivity contribution in [1.29, 1.82) is 0 Å². The lowest BCUT2D eigenvalue weighted by molar-refractivity contribution is 0.102. The number of hydrogen-bond acceptors (Lipinski definition) is 4. The van der Waals surface area contributed by atoms with Crippen LogP contribution >= 0.6 is 11.6 Å². The van der Waals surface area contributed by atoms with Gasteiger partial charge in [-0.3, -0.25) is 4.40 Å². The minimum atomic E-state index is -1.16. The second kappa shape index (κ2) is 7.11. The van der Waals surface area contributed by atoms with Gasteiger partial charge in [-0.05, 0) is 37.0 Å². The molecule has 1 fully saturated rings. The topological polar surface area (TPSA) is 76.4 Å². The predicted octanol–water partition coefficient (Wildman–Crippen LogP) is 5.16. The summed E-state index contributed by atoms with van der Waals surface area (Å²) in [7, 11) is 0. The molecule has 2 aromatic carbocycles. The summed E-state index contributed by atoms with van der Waals surface area (Å²) in [5.41, 5.74) is 8.91. The highest BCUT2D eigenvalue weighted by Crippen LogP contribution is 2.41. The van der Waals surface area contributed by atoms with Crippen molar-refractivity contribution < 1.29 is 5.11 Å². The van der Waals surface area contributed by atoms with Gasteiger partial charge in [0.2, 0.25) is 0 Å². The summed E-state index contributed by atoms with van der Waals surface area (Å²) in [4.78, 5) is 9.22. The molecular weight excluding hydrogens is 396 g/mol. The molecule has 152 valence electrons. The van der Waals surface area contributed by atoms with E-state index in [2.05, 4.69) is 4.98 Å². The first-order valence-corrected chi connectivity index (χ1v) is 10.6. The van der Waals surface area contributed by atoms with Crippen LogP contribution in [-0.2, 0) is 5.60 Å². The molecule has 3 N–H and O–H groups in total. The van der Waals surface area contributed by atoms with Crippen molar-refractivity contribution in [3.8, 4) is 11.3 Å². The fraction of sp³-hybridized carbons (Fsp3) is 0.250. The number of rotatable bonds is 4. The Kier molecular flexibility index (Phi) is 4.53. The SMILES string of the molecule is CC(O)(c1ccccc1)c1ccc(-c2nc(C3CCC3)n3ccnc(N)c23)c(Cl)c1. The second-order valence-corrected chi connectivity index (χ2v) is 8.52. The Hall–Kier alpha value is -2.89. The van der Waals surface area contributed by atoms with Crippen molar-refractivity contribution in [3.05, 3.63) is 82.9 Å². The van der Waals surface area contributed by atoms with E-state index in [0.29, 0.717) is 16.8 Å². The van der Waals surface area contributed by atoms with Gasteiger partial charge in [0.1, 0.15) is 28.5 Å². The molecule has 1 aliphatic rings. The van der Waals surface area contributed by atoms with Crippen LogP contribution in [0.1, 0.15) is 49.1 Å². The van der Waals surface area contributed by atoms with Gasteiger partial charge in [0, 0.05) is 23.9 Å². The van der Waals surface area contributed by atoms with Gasteiger partial charge in [-0.25, -0.2) is 9.97 Å². The molecule has 0 amide bonds. The fourth-order valence-corrected chi connectivity index (χ4v) is 4.44. The molecule has 1 unspecified atom stereocenters. The molecule has 0 aliphatic heterocycles. The lowest BCUT2D eigenvalue weighted by Gasteiger charge is -2.25. The molecule has 5 nitrogen and oxygen atoms in total. The van der Waals surface area contributed by atoms with Crippen LogP contribution < -0.4 is 5.73 Å². The van der Waals surface area contributed by atoms with E-state index in [4.69, 9.17) is 22.3 Å². The highest BCUT2D eigenvalue weighted by Gasteiger charge is 2.29. The number of nitrogen functional groups attached to an aromatic ring is 1. The van der Waals surface area contributed by atoms with Crippen LogP contribution in [0.5, 0.6) is 0 Å². The van der Waals surface area contributed by atoms with Gasteiger partial charge in [0.25, 0.3) is 0 Å². The van der Waals surface area contributed by atoms with E-state index in [-0.39, 0.29) is 0 Å². The standard InChI is InChI=1S/C24H23ClN4O/c1-24(30,16-8-3-2-4-9-16)17-10-11-18(19(25)14-17)20-21-22(26)27-12-13-29(21)23(28-20)15-6-5-7-15/h2-4,8-15,30H,5-7H2,1H3,(H2,26,27). The first kappa shape index (κ1) is 19.1. The molecule has 0 spiro atoms. The maximum absolute atomic E-state index is 11.2. The molecule has 30 heavy (non-hydrogen) atoms. The highest BCUT2D eigenvalue weighted by molar-refractivity contribution is 6.33. The number of aliphatic hydroxyl groups is 1. The van der Waals surface area contributed by atoms with E-state index < -0.39 is 5.60 Å². The summed E-state index contributed by atoms with van der Waals surface area (Å²) in [5.74, 6) is 1.88. The van der Waals surface area contributed by atoms with Gasteiger partial charge >= 0.3 is 0 Å². The molecule has 0 bridgehead atoms. The summed E-state index contributed by atoms with van der Waals surface area (Å²) in [6.45, 7) is 1.77. The first-order chi connectivity index (χ1) is 14.5. The molecular formula is C24H23ClN4O. The van der Waals surface area contributed by atoms with Gasteiger partial charge < -0.3 is 10.8 Å². The number of hydrogen-bond donors (Lipinski definition) is 2. The Morgan fingerprint density at radius 2 is 1.90 bits per heavy atom. The van der Waals surface area contributed by atoms with Crippen molar-refractivity contribution in [2.24, 2.45) is 0 Å². The van der Waals surface area contributed by atoms with E-state index in [1.165, 1.54) is 6.42 Å². The molecule has 0 saturated heterocycles. The third-order valence-electron chi connectivity index (χ3n) is 6.20. The van der Waals surface area contributed by atoms with E-state index >= 15 is 0 Å². The molecule has 2 aromatic heterocycles. The average Bonchev–Trinajstić information content (AvgIpc) is 3.07. The number of halogens is 1. The number of benzene rings is 2. The third-order valence-corrected chi connectivity index (χ3v) is 6.52. The number of nitrogens with two attached hydrogens (primary N) is 1. The maximum atomic E-state index is 11.2. The van der Waals surface area contributed by atoms with Crippen LogP contribution in [0.4, 0.5) is 5.82 Å². The first-order valence-electron chi connectivity index (χ1n) is 10.2. The number of imidazole rings is 1. The molecule has 6 heteroatoms. The quantitative estimate of drug-likeness (QED) is 0.480. The molecule has 1 saturated carbocycles. The molecule has 0 radical (unpaired) electrons. The molecule has 2 heterocycles. The largest absolute Gasteiger partial charge is 0.382 e. The Bertz CT molecular complexity index is 1230. The zero-order valence-electron chi connectivity index (χ0n) is 16.7. The highest BCUT2D eigenvalue weighted by atomic mass is 35.5. The number of aromatic nitrogens is 3. The summed E-state index contributed by atoms with van der Waals surface area (Å²) in [6, 6.07) is 15.2. The van der Waals surface area contributed by atoms with Gasteiger partial charge in [0.15, 0.2) is 0 Å². The van der Waals surface area contributed by atoms with Gasteiger partial charge in [-0.15, -0.1) is 0 Å². The Morgan fingerprint density at radius 3 is 2.57 bits per heavy atom. The third kappa shape index (κ3) is 2.97. The van der Waals surface area contributed by atoms with Crippen molar-refractivity contribution in [2.45, 2.75) is 37.7 Å². The van der Waals surface area contributed by atoms with Crippen LogP contribution in [-0.4, -0.2) is 19.5 Å². The maximum Gasteiger partial charge on any atom is 0.150 e. The van der Waals surface area contributed by atoms with E-state index in [0.717, 1.165) is 46.6 Å². The van der Waals surface area contributed by atoms with Crippen LogP contribution in [0, 0.1) is 0 Å². The van der Waals surface area contributed by atoms with Gasteiger partial charge in [-0.1, -0.05) is 60.5 Å². The predicted molar refractivity (Wildman–Crippen MR) is 120 cm³/mol. The van der Waals surface area contributed by atoms with Gasteiger partial charge in [-0.2, -0.15) is 0 Å². The summed E-state index contributed by atoms with van der Waals surface area (Å²) in [6.07, 6.45) is 7.11. The minimum absolute atomic E-state index is 0.432. The normalized spacial score (nSPS) is 16.4. The van der Waals surface area contributed by atoms with Crippen LogP contribution in [0.3, 0.4) is 0 Å². The fourth-order valence-electron chi connectivity index (χ4n) is 4.17. The Labute approximate surface area is 180 Å². The van der Waals surface area contributed by atoms with E-state index in [1.54, 1.807) is 13.1 Å². The number of fused-ring (bicyclic) bond motifs is 1. The van der Waals surface area contributed by atoms with Crippen molar-refractivity contribution >= 4 is 22.9 Å². The molecule has 5 rings (SSSR count). The molecule has 4 aromatic rings. The Balaban J connectivity index is 1.63. The van der Waals surface area contributed by atoms with Crippen LogP contribution in [0.15, 0.2) is 60.9 Å². The zero-order chi connectivity index (χ0) is 20.9. The number of anilines is 1. The van der Waals surface area contributed by atoms with Gasteiger partial charge in [0.05, 0.1) is 5.02 Å². The average molecular weight is 419 g/mol.